The predicted octanol–water partition coefficient (Wildman–Crippen LogP) is 1.01. The zero-order chi connectivity index (χ0) is 14.5. The van der Waals surface area contributed by atoms with Crippen LogP contribution in [0.5, 0.6) is 0 Å². The fourth-order valence-electron chi connectivity index (χ4n) is 1.60. The van der Waals surface area contributed by atoms with Crippen molar-refractivity contribution in [3.05, 3.63) is 33.5 Å². The van der Waals surface area contributed by atoms with Crippen molar-refractivity contribution in [1.82, 2.24) is 20.5 Å². The normalized spacial score (nSPS) is 11.6. The number of aromatic amines is 1. The molecule has 2 rings (SSSR count). The van der Waals surface area contributed by atoms with E-state index in [1.54, 1.807) is 6.07 Å². The van der Waals surface area contributed by atoms with Crippen LogP contribution in [-0.2, 0) is 0 Å². The summed E-state index contributed by atoms with van der Waals surface area (Å²) in [7, 11) is 0. The van der Waals surface area contributed by atoms with Crippen molar-refractivity contribution in [3.63, 3.8) is 0 Å². The van der Waals surface area contributed by atoms with Crippen molar-refractivity contribution in [3.8, 4) is 11.8 Å². The molecule has 6 nitrogen and oxygen atoms in total. The summed E-state index contributed by atoms with van der Waals surface area (Å²) in [5, 5.41) is 18.0. The number of nitrogens with zero attached hydrogens (tertiary/aromatic N) is 2. The number of H-pyrrole nitrogens is 1. The maximum atomic E-state index is 12.1. The monoisotopic (exact) mass is 290 g/mol. The number of thiophene rings is 1. The van der Waals surface area contributed by atoms with Crippen molar-refractivity contribution < 1.29 is 9.90 Å². The molecule has 0 spiro atoms. The lowest BCUT2D eigenvalue weighted by Crippen LogP contribution is -2.26. The van der Waals surface area contributed by atoms with Gasteiger partial charge in [-0.1, -0.05) is 11.8 Å². The molecule has 1 atom stereocenters. The second-order valence-electron chi connectivity index (χ2n) is 4.15. The number of nitrogens with one attached hydrogen (secondary N) is 2. The van der Waals surface area contributed by atoms with Crippen molar-refractivity contribution in [1.29, 1.82) is 0 Å². The molecule has 0 radical (unpaired) electrons. The summed E-state index contributed by atoms with van der Waals surface area (Å²) in [6.07, 6.45) is 1.40. The van der Waals surface area contributed by atoms with Crippen molar-refractivity contribution in [2.24, 2.45) is 0 Å². The number of aliphatic hydroxyl groups excluding tert-OH is 1. The smallest absolute Gasteiger partial charge is 0.261 e. The Kier molecular flexibility index (Phi) is 4.50. The van der Waals surface area contributed by atoms with E-state index < -0.39 is 0 Å². The zero-order valence-corrected chi connectivity index (χ0v) is 11.9. The van der Waals surface area contributed by atoms with E-state index in [1.807, 2.05) is 13.8 Å². The van der Waals surface area contributed by atoms with Gasteiger partial charge in [0, 0.05) is 0 Å². The van der Waals surface area contributed by atoms with Crippen LogP contribution in [0.1, 0.15) is 38.9 Å². The molecule has 1 unspecified atom stereocenters. The SMILES string of the molecule is Cc1cc(C(=O)NC(C)c2ncn[nH]2)sc1C#CCO. The van der Waals surface area contributed by atoms with Gasteiger partial charge >= 0.3 is 0 Å². The first kappa shape index (κ1) is 14.2. The molecule has 0 aromatic carbocycles. The Morgan fingerprint density at radius 2 is 2.45 bits per heavy atom. The van der Waals surface area contributed by atoms with Gasteiger partial charge in [0.25, 0.3) is 5.91 Å². The maximum absolute atomic E-state index is 12.1. The van der Waals surface area contributed by atoms with Gasteiger partial charge in [-0.15, -0.1) is 11.3 Å². The first-order valence-electron chi connectivity index (χ1n) is 5.98. The third kappa shape index (κ3) is 3.23. The highest BCUT2D eigenvalue weighted by Crippen LogP contribution is 2.21. The molecule has 0 saturated heterocycles. The topological polar surface area (TPSA) is 90.9 Å². The molecule has 1 amide bonds. The Bertz CT molecular complexity index is 652. The highest BCUT2D eigenvalue weighted by Gasteiger charge is 2.16. The average molecular weight is 290 g/mol. The Hall–Kier alpha value is -2.17. The van der Waals surface area contributed by atoms with Gasteiger partial charge in [-0.3, -0.25) is 9.89 Å². The quantitative estimate of drug-likeness (QED) is 0.736. The highest BCUT2D eigenvalue weighted by molar-refractivity contribution is 7.14. The van der Waals surface area contributed by atoms with Crippen LogP contribution in [0.4, 0.5) is 0 Å². The summed E-state index contributed by atoms with van der Waals surface area (Å²) in [4.78, 5) is 17.5. The summed E-state index contributed by atoms with van der Waals surface area (Å²) in [5.74, 6) is 5.83. The molecule has 2 aromatic heterocycles. The summed E-state index contributed by atoms with van der Waals surface area (Å²) in [5.41, 5.74) is 0.924. The number of aliphatic hydroxyl groups is 1. The van der Waals surface area contributed by atoms with E-state index >= 15 is 0 Å². The molecule has 3 N–H and O–H groups in total. The van der Waals surface area contributed by atoms with Crippen LogP contribution in [0, 0.1) is 18.8 Å². The minimum atomic E-state index is -0.251. The molecule has 0 saturated carbocycles. The summed E-state index contributed by atoms with van der Waals surface area (Å²) in [6.45, 7) is 3.52. The number of hydrogen-bond donors (Lipinski definition) is 3. The summed E-state index contributed by atoms with van der Waals surface area (Å²) < 4.78 is 0. The fourth-order valence-corrected chi connectivity index (χ4v) is 2.55. The Morgan fingerprint density at radius 3 is 3.10 bits per heavy atom. The molecule has 2 heterocycles. The molecule has 0 fully saturated rings. The number of carbonyl (C=O) groups excluding carboxylic acids is 1. The highest BCUT2D eigenvalue weighted by atomic mass is 32.1. The molecule has 20 heavy (non-hydrogen) atoms. The van der Waals surface area contributed by atoms with Crippen LogP contribution in [0.15, 0.2) is 12.4 Å². The molecule has 104 valence electrons. The number of rotatable bonds is 3. The van der Waals surface area contributed by atoms with E-state index in [4.69, 9.17) is 5.11 Å². The van der Waals surface area contributed by atoms with E-state index in [-0.39, 0.29) is 18.6 Å². The van der Waals surface area contributed by atoms with Crippen molar-refractivity contribution >= 4 is 17.2 Å². The van der Waals surface area contributed by atoms with Gasteiger partial charge in [0.2, 0.25) is 0 Å². The van der Waals surface area contributed by atoms with Gasteiger partial charge in [0.15, 0.2) is 0 Å². The van der Waals surface area contributed by atoms with Crippen molar-refractivity contribution in [2.45, 2.75) is 19.9 Å². The molecule has 0 aliphatic rings. The number of carbonyl (C=O) groups is 1. The predicted molar refractivity (Wildman–Crippen MR) is 75.3 cm³/mol. The fraction of sp³-hybridized carbons (Fsp3) is 0.308. The average Bonchev–Trinajstić information content (AvgIpc) is 3.06. The van der Waals surface area contributed by atoms with Gasteiger partial charge in [0.05, 0.1) is 15.8 Å². The number of aryl methyl sites for hydroxylation is 1. The molecule has 0 aliphatic carbocycles. The lowest BCUT2D eigenvalue weighted by molar-refractivity contribution is 0.0942. The van der Waals surface area contributed by atoms with Gasteiger partial charge < -0.3 is 10.4 Å². The third-order valence-electron chi connectivity index (χ3n) is 2.61. The second-order valence-corrected chi connectivity index (χ2v) is 5.20. The Balaban J connectivity index is 2.10. The first-order chi connectivity index (χ1) is 9.61. The number of hydrogen-bond acceptors (Lipinski definition) is 5. The summed E-state index contributed by atoms with van der Waals surface area (Å²) in [6, 6.07) is 1.54. The lowest BCUT2D eigenvalue weighted by Gasteiger charge is -2.09. The van der Waals surface area contributed by atoms with E-state index in [2.05, 4.69) is 32.3 Å². The minimum absolute atomic E-state index is 0.181. The van der Waals surface area contributed by atoms with Crippen molar-refractivity contribution in [2.75, 3.05) is 6.61 Å². The van der Waals surface area contributed by atoms with E-state index in [9.17, 15) is 4.79 Å². The van der Waals surface area contributed by atoms with Crippen LogP contribution in [0.3, 0.4) is 0 Å². The molecule has 7 heteroatoms. The molecule has 0 bridgehead atoms. The van der Waals surface area contributed by atoms with Gasteiger partial charge in [0.1, 0.15) is 18.8 Å². The molecular formula is C13H14N4O2S. The van der Waals surface area contributed by atoms with E-state index in [1.165, 1.54) is 17.7 Å². The largest absolute Gasteiger partial charge is 0.384 e. The maximum Gasteiger partial charge on any atom is 0.261 e. The van der Waals surface area contributed by atoms with Gasteiger partial charge in [-0.2, -0.15) is 5.10 Å². The standard InChI is InChI=1S/C13H14N4O2S/c1-8-6-11(20-10(8)4-3-5-18)13(19)16-9(2)12-14-7-15-17-12/h6-7,9,18H,5H2,1-2H3,(H,16,19)(H,14,15,17). The van der Waals surface area contributed by atoms with Crippen LogP contribution in [-0.4, -0.2) is 32.8 Å². The van der Waals surface area contributed by atoms with Crippen LogP contribution in [0.2, 0.25) is 0 Å². The summed E-state index contributed by atoms with van der Waals surface area (Å²) >= 11 is 1.30. The van der Waals surface area contributed by atoms with Crippen LogP contribution < -0.4 is 5.32 Å². The Morgan fingerprint density at radius 1 is 1.65 bits per heavy atom. The van der Waals surface area contributed by atoms with E-state index in [0.717, 1.165) is 10.4 Å². The molecular weight excluding hydrogens is 276 g/mol. The van der Waals surface area contributed by atoms with Gasteiger partial charge in [-0.05, 0) is 25.5 Å². The molecule has 0 aliphatic heterocycles. The first-order valence-corrected chi connectivity index (χ1v) is 6.79. The van der Waals surface area contributed by atoms with Crippen LogP contribution in [0.25, 0.3) is 0 Å². The molecule has 2 aromatic rings. The number of aromatic nitrogens is 3. The van der Waals surface area contributed by atoms with E-state index in [0.29, 0.717) is 10.7 Å². The second kappa shape index (κ2) is 6.32. The number of amides is 1. The Labute approximate surface area is 120 Å². The zero-order valence-electron chi connectivity index (χ0n) is 11.1. The lowest BCUT2D eigenvalue weighted by atomic mass is 10.2. The van der Waals surface area contributed by atoms with Crippen LogP contribution >= 0.6 is 11.3 Å². The third-order valence-corrected chi connectivity index (χ3v) is 3.77. The minimum Gasteiger partial charge on any atom is -0.384 e. The van der Waals surface area contributed by atoms with Gasteiger partial charge in [-0.25, -0.2) is 4.98 Å².